The number of benzene rings is 2. The molecule has 0 N–H and O–H groups in total. The van der Waals surface area contributed by atoms with Crippen LogP contribution >= 0.6 is 0 Å². The molecule has 0 aromatic heterocycles. The van der Waals surface area contributed by atoms with E-state index in [1.807, 2.05) is 66.4 Å². The largest absolute Gasteiger partial charge is 0.494 e. The van der Waals surface area contributed by atoms with Crippen LogP contribution < -0.4 is 9.64 Å². The van der Waals surface area contributed by atoms with Crippen LogP contribution in [-0.2, 0) is 9.53 Å². The fraction of sp³-hybridized carbons (Fsp3) is 0.364. The van der Waals surface area contributed by atoms with E-state index in [2.05, 4.69) is 6.07 Å². The maximum atomic E-state index is 12.9. The van der Waals surface area contributed by atoms with Gasteiger partial charge in [0, 0.05) is 18.8 Å². The first-order chi connectivity index (χ1) is 13.7. The van der Waals surface area contributed by atoms with Gasteiger partial charge >= 0.3 is 0 Å². The molecule has 1 unspecified atom stereocenters. The van der Waals surface area contributed by atoms with E-state index < -0.39 is 6.04 Å². The lowest BCUT2D eigenvalue weighted by atomic mass is 10.0. The van der Waals surface area contributed by atoms with Crippen molar-refractivity contribution in [3.8, 4) is 11.8 Å². The van der Waals surface area contributed by atoms with Crippen molar-refractivity contribution in [2.24, 2.45) is 0 Å². The van der Waals surface area contributed by atoms with Gasteiger partial charge in [0.05, 0.1) is 32.4 Å². The van der Waals surface area contributed by atoms with E-state index in [4.69, 9.17) is 9.47 Å². The predicted octanol–water partition coefficient (Wildman–Crippen LogP) is 3.02. The van der Waals surface area contributed by atoms with Gasteiger partial charge in [-0.25, -0.2) is 0 Å². The second-order valence-electron chi connectivity index (χ2n) is 6.49. The number of hydrogen-bond donors (Lipinski definition) is 0. The molecule has 6 nitrogen and oxygen atoms in total. The third kappa shape index (κ3) is 4.81. The number of hydrogen-bond acceptors (Lipinski definition) is 5. The molecule has 146 valence electrons. The Morgan fingerprint density at radius 1 is 1.18 bits per heavy atom. The van der Waals surface area contributed by atoms with E-state index in [9.17, 15) is 10.1 Å². The molecular formula is C22H25N3O3. The van der Waals surface area contributed by atoms with E-state index in [-0.39, 0.29) is 12.5 Å². The summed E-state index contributed by atoms with van der Waals surface area (Å²) in [6.45, 7) is 4.93. The summed E-state index contributed by atoms with van der Waals surface area (Å²) in [5, 5.41) is 9.94. The molecule has 1 amide bonds. The van der Waals surface area contributed by atoms with Crippen LogP contribution in [0.1, 0.15) is 18.5 Å². The third-order valence-corrected chi connectivity index (χ3v) is 4.70. The Bertz CT molecular complexity index is 796. The standard InChI is InChI=1S/C22H25N3O3/c1-2-28-20-10-8-18(9-11-20)21(16-23)25(19-6-4-3-5-7-19)17-22(26)24-12-14-27-15-13-24/h3-11,21H,2,12-15,17H2,1H3. The molecule has 1 atom stereocenters. The zero-order valence-corrected chi connectivity index (χ0v) is 16.1. The van der Waals surface area contributed by atoms with Crippen molar-refractivity contribution in [2.45, 2.75) is 13.0 Å². The number of carbonyl (C=O) groups excluding carboxylic acids is 1. The lowest BCUT2D eigenvalue weighted by Gasteiger charge is -2.33. The third-order valence-electron chi connectivity index (χ3n) is 4.70. The van der Waals surface area contributed by atoms with Crippen molar-refractivity contribution in [1.82, 2.24) is 4.90 Å². The number of rotatable bonds is 7. The molecule has 1 aliphatic heterocycles. The van der Waals surface area contributed by atoms with Gasteiger partial charge in [-0.1, -0.05) is 30.3 Å². The monoisotopic (exact) mass is 379 g/mol. The Labute approximate surface area is 165 Å². The Balaban J connectivity index is 1.86. The van der Waals surface area contributed by atoms with E-state index in [0.29, 0.717) is 32.9 Å². The average Bonchev–Trinajstić information content (AvgIpc) is 2.76. The molecule has 2 aromatic rings. The number of amides is 1. The highest BCUT2D eigenvalue weighted by molar-refractivity contribution is 5.82. The molecule has 1 heterocycles. The van der Waals surface area contributed by atoms with Crippen molar-refractivity contribution < 1.29 is 14.3 Å². The second kappa shape index (κ2) is 9.77. The van der Waals surface area contributed by atoms with Gasteiger partial charge in [0.15, 0.2) is 0 Å². The first-order valence-corrected chi connectivity index (χ1v) is 9.52. The van der Waals surface area contributed by atoms with Gasteiger partial charge in [-0.05, 0) is 36.8 Å². The van der Waals surface area contributed by atoms with Crippen molar-refractivity contribution in [3.05, 3.63) is 60.2 Å². The quantitative estimate of drug-likeness (QED) is 0.740. The van der Waals surface area contributed by atoms with Crippen LogP contribution in [-0.4, -0.2) is 50.3 Å². The number of nitriles is 1. The molecule has 1 saturated heterocycles. The number of para-hydroxylation sites is 1. The molecule has 2 aromatic carbocycles. The van der Waals surface area contributed by atoms with Crippen LogP contribution in [0.2, 0.25) is 0 Å². The Kier molecular flexibility index (Phi) is 6.88. The van der Waals surface area contributed by atoms with E-state index >= 15 is 0 Å². The van der Waals surface area contributed by atoms with Crippen LogP contribution in [0.25, 0.3) is 0 Å². The van der Waals surface area contributed by atoms with E-state index in [0.717, 1.165) is 17.0 Å². The van der Waals surface area contributed by atoms with Crippen molar-refractivity contribution in [2.75, 3.05) is 44.4 Å². The van der Waals surface area contributed by atoms with Gasteiger partial charge < -0.3 is 19.3 Å². The van der Waals surface area contributed by atoms with Gasteiger partial charge in [0.2, 0.25) is 5.91 Å². The minimum absolute atomic E-state index is 0.00154. The Morgan fingerprint density at radius 3 is 2.46 bits per heavy atom. The predicted molar refractivity (Wildman–Crippen MR) is 107 cm³/mol. The number of nitrogens with zero attached hydrogens (tertiary/aromatic N) is 3. The molecule has 1 fully saturated rings. The molecule has 1 aliphatic rings. The highest BCUT2D eigenvalue weighted by Gasteiger charge is 2.26. The molecule has 0 spiro atoms. The van der Waals surface area contributed by atoms with Gasteiger partial charge in [-0.15, -0.1) is 0 Å². The zero-order chi connectivity index (χ0) is 19.8. The maximum Gasteiger partial charge on any atom is 0.242 e. The Morgan fingerprint density at radius 2 is 1.86 bits per heavy atom. The highest BCUT2D eigenvalue weighted by atomic mass is 16.5. The van der Waals surface area contributed by atoms with Crippen LogP contribution in [0, 0.1) is 11.3 Å². The fourth-order valence-corrected chi connectivity index (χ4v) is 3.25. The van der Waals surface area contributed by atoms with Gasteiger partial charge in [0.1, 0.15) is 11.8 Å². The summed E-state index contributed by atoms with van der Waals surface area (Å²) in [6, 6.07) is 18.9. The first kappa shape index (κ1) is 19.7. The minimum atomic E-state index is -0.580. The van der Waals surface area contributed by atoms with Gasteiger partial charge in [0.25, 0.3) is 0 Å². The molecule has 28 heavy (non-hydrogen) atoms. The summed E-state index contributed by atoms with van der Waals surface area (Å²) in [5.74, 6) is 0.761. The van der Waals surface area contributed by atoms with Crippen LogP contribution in [0.4, 0.5) is 5.69 Å². The fourth-order valence-electron chi connectivity index (χ4n) is 3.25. The zero-order valence-electron chi connectivity index (χ0n) is 16.1. The summed E-state index contributed by atoms with van der Waals surface area (Å²) in [4.78, 5) is 16.5. The number of anilines is 1. The SMILES string of the molecule is CCOc1ccc(C(C#N)N(CC(=O)N2CCOCC2)c2ccccc2)cc1. The molecule has 6 heteroatoms. The number of ether oxygens (including phenoxy) is 2. The molecule has 0 radical (unpaired) electrons. The molecule has 0 bridgehead atoms. The maximum absolute atomic E-state index is 12.9. The lowest BCUT2D eigenvalue weighted by molar-refractivity contribution is -0.133. The first-order valence-electron chi connectivity index (χ1n) is 9.52. The molecular weight excluding hydrogens is 354 g/mol. The summed E-state index contributed by atoms with van der Waals surface area (Å²) in [6.07, 6.45) is 0. The average molecular weight is 379 g/mol. The summed E-state index contributed by atoms with van der Waals surface area (Å²) in [7, 11) is 0. The molecule has 3 rings (SSSR count). The number of carbonyl (C=O) groups is 1. The van der Waals surface area contributed by atoms with Crippen molar-refractivity contribution in [1.29, 1.82) is 5.26 Å². The minimum Gasteiger partial charge on any atom is -0.494 e. The second-order valence-corrected chi connectivity index (χ2v) is 6.49. The van der Waals surface area contributed by atoms with Crippen LogP contribution in [0.15, 0.2) is 54.6 Å². The van der Waals surface area contributed by atoms with Gasteiger partial charge in [-0.2, -0.15) is 5.26 Å². The lowest BCUT2D eigenvalue weighted by Crippen LogP contribution is -2.46. The van der Waals surface area contributed by atoms with E-state index in [1.54, 1.807) is 4.90 Å². The normalized spacial score (nSPS) is 14.8. The van der Waals surface area contributed by atoms with Crippen LogP contribution in [0.5, 0.6) is 5.75 Å². The Hall–Kier alpha value is -3.04. The van der Waals surface area contributed by atoms with E-state index in [1.165, 1.54) is 0 Å². The highest BCUT2D eigenvalue weighted by Crippen LogP contribution is 2.28. The summed E-state index contributed by atoms with van der Waals surface area (Å²) < 4.78 is 10.8. The van der Waals surface area contributed by atoms with Crippen LogP contribution in [0.3, 0.4) is 0 Å². The smallest absolute Gasteiger partial charge is 0.242 e. The van der Waals surface area contributed by atoms with Crippen molar-refractivity contribution in [3.63, 3.8) is 0 Å². The molecule has 0 saturated carbocycles. The summed E-state index contributed by atoms with van der Waals surface area (Å²) >= 11 is 0. The number of morpholine rings is 1. The summed E-state index contributed by atoms with van der Waals surface area (Å²) in [5.41, 5.74) is 1.66. The molecule has 0 aliphatic carbocycles. The topological polar surface area (TPSA) is 65.8 Å². The van der Waals surface area contributed by atoms with Crippen molar-refractivity contribution >= 4 is 11.6 Å². The van der Waals surface area contributed by atoms with Gasteiger partial charge in [-0.3, -0.25) is 4.79 Å².